The third kappa shape index (κ3) is 5.40. The Bertz CT molecular complexity index is 748. The van der Waals surface area contributed by atoms with Gasteiger partial charge in [0.1, 0.15) is 12.4 Å². The molecule has 1 atom stereocenters. The Morgan fingerprint density at radius 3 is 2.41 bits per heavy atom. The van der Waals surface area contributed by atoms with Crippen molar-refractivity contribution >= 4 is 18.0 Å². The summed E-state index contributed by atoms with van der Waals surface area (Å²) in [4.78, 5) is 35.8. The van der Waals surface area contributed by atoms with Crippen LogP contribution in [0.2, 0.25) is 0 Å². The molecule has 0 aromatic heterocycles. The number of urea groups is 1. The van der Waals surface area contributed by atoms with E-state index in [4.69, 9.17) is 9.47 Å². The fraction of sp³-hybridized carbons (Fsp3) is 0.353. The van der Waals surface area contributed by atoms with Gasteiger partial charge in [-0.2, -0.15) is 8.78 Å². The van der Waals surface area contributed by atoms with Gasteiger partial charge in [0.15, 0.2) is 0 Å². The lowest BCUT2D eigenvalue weighted by atomic mass is 10.0. The molecule has 0 unspecified atom stereocenters. The molecular weight excluding hydrogens is 366 g/mol. The lowest BCUT2D eigenvalue weighted by molar-refractivity contribution is -0.139. The summed E-state index contributed by atoms with van der Waals surface area (Å²) in [6.07, 6.45) is 0. The van der Waals surface area contributed by atoms with Crippen LogP contribution in [0.3, 0.4) is 0 Å². The highest BCUT2D eigenvalue weighted by molar-refractivity contribution is 5.95. The Balaban J connectivity index is 2.09. The SMILES string of the molecule is CCOC(=O)C1=C(COC(=O)c2ccc(OC(F)F)cc2)NC(=O)N[C@@H]1C. The van der Waals surface area contributed by atoms with Crippen LogP contribution in [0.4, 0.5) is 13.6 Å². The number of carbonyl (C=O) groups excluding carboxylic acids is 3. The maximum absolute atomic E-state index is 12.1. The summed E-state index contributed by atoms with van der Waals surface area (Å²) >= 11 is 0. The monoisotopic (exact) mass is 384 g/mol. The van der Waals surface area contributed by atoms with Gasteiger partial charge in [-0.25, -0.2) is 14.4 Å². The molecule has 27 heavy (non-hydrogen) atoms. The Hall–Kier alpha value is -3.17. The minimum Gasteiger partial charge on any atom is -0.463 e. The van der Waals surface area contributed by atoms with Crippen molar-refractivity contribution in [3.63, 3.8) is 0 Å². The van der Waals surface area contributed by atoms with E-state index in [1.807, 2.05) is 0 Å². The molecule has 1 aromatic carbocycles. The van der Waals surface area contributed by atoms with Gasteiger partial charge in [0.2, 0.25) is 0 Å². The molecule has 0 spiro atoms. The lowest BCUT2D eigenvalue weighted by Crippen LogP contribution is -2.50. The summed E-state index contributed by atoms with van der Waals surface area (Å²) < 4.78 is 38.5. The molecule has 0 saturated heterocycles. The number of alkyl halides is 2. The number of benzene rings is 1. The van der Waals surface area contributed by atoms with Crippen molar-refractivity contribution in [3.8, 4) is 5.75 Å². The first kappa shape index (κ1) is 20.1. The van der Waals surface area contributed by atoms with Crippen molar-refractivity contribution in [2.75, 3.05) is 13.2 Å². The van der Waals surface area contributed by atoms with Crippen LogP contribution < -0.4 is 15.4 Å². The minimum absolute atomic E-state index is 0.0863. The number of rotatable bonds is 7. The quantitative estimate of drug-likeness (QED) is 0.697. The number of halogens is 2. The van der Waals surface area contributed by atoms with Gasteiger partial charge < -0.3 is 24.8 Å². The topological polar surface area (TPSA) is 103 Å². The maximum atomic E-state index is 12.1. The Morgan fingerprint density at radius 2 is 1.81 bits per heavy atom. The van der Waals surface area contributed by atoms with Gasteiger partial charge in [-0.1, -0.05) is 0 Å². The normalized spacial score (nSPS) is 16.5. The molecule has 2 amide bonds. The van der Waals surface area contributed by atoms with Gasteiger partial charge in [0, 0.05) is 0 Å². The smallest absolute Gasteiger partial charge is 0.387 e. The second-order valence-electron chi connectivity index (χ2n) is 5.41. The van der Waals surface area contributed by atoms with Crippen molar-refractivity contribution in [2.24, 2.45) is 0 Å². The van der Waals surface area contributed by atoms with Crippen molar-refractivity contribution in [2.45, 2.75) is 26.5 Å². The largest absolute Gasteiger partial charge is 0.463 e. The van der Waals surface area contributed by atoms with Gasteiger partial charge in [0.25, 0.3) is 0 Å². The molecule has 10 heteroatoms. The highest BCUT2D eigenvalue weighted by atomic mass is 19.3. The van der Waals surface area contributed by atoms with Crippen LogP contribution >= 0.6 is 0 Å². The lowest BCUT2D eigenvalue weighted by Gasteiger charge is -2.26. The first-order valence-electron chi connectivity index (χ1n) is 8.01. The minimum atomic E-state index is -2.97. The van der Waals surface area contributed by atoms with Gasteiger partial charge >= 0.3 is 24.6 Å². The van der Waals surface area contributed by atoms with Crippen molar-refractivity contribution in [1.82, 2.24) is 10.6 Å². The molecule has 0 aliphatic carbocycles. The van der Waals surface area contributed by atoms with Crippen LogP contribution in [0.5, 0.6) is 5.75 Å². The predicted molar refractivity (Wildman–Crippen MR) is 88.1 cm³/mol. The third-order valence-electron chi connectivity index (χ3n) is 3.53. The van der Waals surface area contributed by atoms with Gasteiger partial charge in [-0.05, 0) is 38.1 Å². The number of esters is 2. The number of nitrogens with one attached hydrogen (secondary N) is 2. The molecular formula is C17H18F2N2O6. The molecule has 0 radical (unpaired) electrons. The van der Waals surface area contributed by atoms with E-state index in [-0.39, 0.29) is 35.8 Å². The number of hydrogen-bond donors (Lipinski definition) is 2. The summed E-state index contributed by atoms with van der Waals surface area (Å²) in [5.74, 6) is -1.51. The van der Waals surface area contributed by atoms with Crippen molar-refractivity contribution in [1.29, 1.82) is 0 Å². The van der Waals surface area contributed by atoms with Crippen molar-refractivity contribution in [3.05, 3.63) is 41.1 Å². The fourth-order valence-corrected chi connectivity index (χ4v) is 2.39. The molecule has 1 aliphatic heterocycles. The molecule has 1 aliphatic rings. The van der Waals surface area contributed by atoms with E-state index in [2.05, 4.69) is 15.4 Å². The summed E-state index contributed by atoms with van der Waals surface area (Å²) in [7, 11) is 0. The number of amides is 2. The zero-order chi connectivity index (χ0) is 20.0. The van der Waals surface area contributed by atoms with Crippen LogP contribution in [-0.2, 0) is 14.3 Å². The molecule has 2 rings (SSSR count). The zero-order valence-electron chi connectivity index (χ0n) is 14.6. The fourth-order valence-electron chi connectivity index (χ4n) is 2.39. The molecule has 2 N–H and O–H groups in total. The molecule has 1 aromatic rings. The third-order valence-corrected chi connectivity index (χ3v) is 3.53. The number of ether oxygens (including phenoxy) is 3. The summed E-state index contributed by atoms with van der Waals surface area (Å²) in [6.45, 7) is 0.0260. The van der Waals surface area contributed by atoms with Crippen LogP contribution in [-0.4, -0.2) is 43.8 Å². The van der Waals surface area contributed by atoms with E-state index in [1.54, 1.807) is 13.8 Å². The summed E-state index contributed by atoms with van der Waals surface area (Å²) in [6, 6.07) is 3.72. The van der Waals surface area contributed by atoms with E-state index in [9.17, 15) is 23.2 Å². The van der Waals surface area contributed by atoms with Crippen LogP contribution in [0, 0.1) is 0 Å². The standard InChI is InChI=1S/C17H18F2N2O6/c1-3-25-15(23)13-9(2)20-17(24)21-12(13)8-26-14(22)10-4-6-11(7-5-10)27-16(18)19/h4-7,9,16H,3,8H2,1-2H3,(H2,20,21,24)/t9-/m1/s1. The van der Waals surface area contributed by atoms with E-state index < -0.39 is 30.6 Å². The van der Waals surface area contributed by atoms with E-state index in [0.717, 1.165) is 0 Å². The Kier molecular flexibility index (Phi) is 6.69. The maximum Gasteiger partial charge on any atom is 0.387 e. The van der Waals surface area contributed by atoms with Gasteiger partial charge in [0.05, 0.1) is 29.5 Å². The van der Waals surface area contributed by atoms with E-state index >= 15 is 0 Å². The van der Waals surface area contributed by atoms with Gasteiger partial charge in [-0.3, -0.25) is 0 Å². The summed E-state index contributed by atoms with van der Waals surface area (Å²) in [5, 5.41) is 4.94. The molecule has 0 fully saturated rings. The van der Waals surface area contributed by atoms with Crippen LogP contribution in [0.25, 0.3) is 0 Å². The van der Waals surface area contributed by atoms with E-state index in [0.29, 0.717) is 0 Å². The average Bonchev–Trinajstić information content (AvgIpc) is 2.59. The van der Waals surface area contributed by atoms with E-state index in [1.165, 1.54) is 24.3 Å². The molecule has 146 valence electrons. The molecule has 0 bridgehead atoms. The number of carbonyl (C=O) groups is 3. The Labute approximate surface area is 153 Å². The first-order valence-corrected chi connectivity index (χ1v) is 8.01. The average molecular weight is 384 g/mol. The van der Waals surface area contributed by atoms with Crippen LogP contribution in [0.1, 0.15) is 24.2 Å². The second-order valence-corrected chi connectivity index (χ2v) is 5.41. The summed E-state index contributed by atoms with van der Waals surface area (Å²) in [5.41, 5.74) is 0.337. The first-order chi connectivity index (χ1) is 12.8. The molecule has 1 heterocycles. The number of hydrogen-bond acceptors (Lipinski definition) is 6. The molecule has 0 saturated carbocycles. The second kappa shape index (κ2) is 8.97. The van der Waals surface area contributed by atoms with Crippen LogP contribution in [0.15, 0.2) is 35.5 Å². The molecule has 8 nitrogen and oxygen atoms in total. The predicted octanol–water partition coefficient (Wildman–Crippen LogP) is 1.96. The zero-order valence-corrected chi connectivity index (χ0v) is 14.6. The van der Waals surface area contributed by atoms with Gasteiger partial charge in [-0.15, -0.1) is 0 Å². The Morgan fingerprint density at radius 1 is 1.15 bits per heavy atom. The highest BCUT2D eigenvalue weighted by Crippen LogP contribution is 2.17. The van der Waals surface area contributed by atoms with Crippen molar-refractivity contribution < 1.29 is 37.4 Å². The highest BCUT2D eigenvalue weighted by Gasteiger charge is 2.30.